The van der Waals surface area contributed by atoms with Gasteiger partial charge >= 0.3 is 0 Å². The Labute approximate surface area is 152 Å². The maximum Gasteiger partial charge on any atom is 0.246 e. The summed E-state index contributed by atoms with van der Waals surface area (Å²) in [6.07, 6.45) is 3.90. The van der Waals surface area contributed by atoms with E-state index < -0.39 is 0 Å². The lowest BCUT2D eigenvalue weighted by Crippen LogP contribution is -2.29. The number of carbonyl (C=O) groups is 1. The molecule has 2 aromatic carbocycles. The van der Waals surface area contributed by atoms with Gasteiger partial charge in [0.25, 0.3) is 0 Å². The van der Waals surface area contributed by atoms with Gasteiger partial charge in [-0.1, -0.05) is 35.9 Å². The summed E-state index contributed by atoms with van der Waals surface area (Å²) in [6, 6.07) is 15.8. The van der Waals surface area contributed by atoms with Gasteiger partial charge in [0.2, 0.25) is 5.91 Å². The van der Waals surface area contributed by atoms with E-state index in [1.807, 2.05) is 36.4 Å². The SMILES string of the molecule is O=C(Cn1nnc2ccccc21)Nc1cccc(CN2CCCCC2)c1. The maximum atomic E-state index is 12.4. The number of nitrogens with zero attached hydrogens (tertiary/aromatic N) is 4. The fourth-order valence-corrected chi connectivity index (χ4v) is 3.49. The summed E-state index contributed by atoms with van der Waals surface area (Å²) in [7, 11) is 0. The number of hydrogen-bond donors (Lipinski definition) is 1. The zero-order chi connectivity index (χ0) is 17.8. The molecule has 0 spiro atoms. The molecular formula is C20H23N5O. The Kier molecular flexibility index (Phi) is 4.93. The first-order chi connectivity index (χ1) is 12.8. The van der Waals surface area contributed by atoms with E-state index in [1.165, 1.54) is 24.8 Å². The number of carbonyl (C=O) groups excluding carboxylic acids is 1. The van der Waals surface area contributed by atoms with E-state index in [4.69, 9.17) is 0 Å². The third-order valence-electron chi connectivity index (χ3n) is 4.78. The average molecular weight is 349 g/mol. The average Bonchev–Trinajstić information content (AvgIpc) is 3.06. The van der Waals surface area contributed by atoms with Crippen molar-refractivity contribution >= 4 is 22.6 Å². The van der Waals surface area contributed by atoms with Gasteiger partial charge in [-0.05, 0) is 55.8 Å². The molecule has 1 amide bonds. The van der Waals surface area contributed by atoms with Crippen molar-refractivity contribution in [2.45, 2.75) is 32.4 Å². The monoisotopic (exact) mass is 349 g/mol. The van der Waals surface area contributed by atoms with E-state index in [0.717, 1.165) is 36.4 Å². The van der Waals surface area contributed by atoms with Gasteiger partial charge in [-0.15, -0.1) is 5.10 Å². The van der Waals surface area contributed by atoms with Gasteiger partial charge in [0, 0.05) is 12.2 Å². The standard InChI is InChI=1S/C20H23N5O/c26-20(15-25-19-10-3-2-9-18(19)22-23-25)21-17-8-6-7-16(13-17)14-24-11-4-1-5-12-24/h2-3,6-10,13H,1,4-5,11-12,14-15H2,(H,21,26). The number of anilines is 1. The summed E-state index contributed by atoms with van der Waals surface area (Å²) >= 11 is 0. The van der Waals surface area contributed by atoms with Crippen molar-refractivity contribution in [3.8, 4) is 0 Å². The lowest BCUT2D eigenvalue weighted by Gasteiger charge is -2.26. The molecule has 6 heteroatoms. The molecule has 4 rings (SSSR count). The van der Waals surface area contributed by atoms with Crippen LogP contribution in [0, 0.1) is 0 Å². The van der Waals surface area contributed by atoms with Gasteiger partial charge in [-0.3, -0.25) is 9.69 Å². The van der Waals surface area contributed by atoms with E-state index in [0.29, 0.717) is 0 Å². The fourth-order valence-electron chi connectivity index (χ4n) is 3.49. The van der Waals surface area contributed by atoms with Crippen molar-refractivity contribution in [2.24, 2.45) is 0 Å². The Morgan fingerprint density at radius 2 is 1.88 bits per heavy atom. The summed E-state index contributed by atoms with van der Waals surface area (Å²) in [5, 5.41) is 11.1. The molecule has 0 aliphatic carbocycles. The van der Waals surface area contributed by atoms with Gasteiger partial charge in [-0.25, -0.2) is 4.68 Å². The second kappa shape index (κ2) is 7.66. The van der Waals surface area contributed by atoms with Crippen LogP contribution in [0.5, 0.6) is 0 Å². The van der Waals surface area contributed by atoms with Crippen LogP contribution in [-0.2, 0) is 17.9 Å². The lowest BCUT2D eigenvalue weighted by atomic mass is 10.1. The number of aromatic nitrogens is 3. The molecule has 2 heterocycles. The number of nitrogens with one attached hydrogen (secondary N) is 1. The molecule has 1 saturated heterocycles. The largest absolute Gasteiger partial charge is 0.324 e. The van der Waals surface area contributed by atoms with Crippen LogP contribution in [-0.4, -0.2) is 38.9 Å². The Balaban J connectivity index is 1.40. The molecule has 1 aliphatic rings. The fraction of sp³-hybridized carbons (Fsp3) is 0.350. The van der Waals surface area contributed by atoms with Crippen molar-refractivity contribution in [1.82, 2.24) is 19.9 Å². The molecule has 3 aromatic rings. The van der Waals surface area contributed by atoms with Gasteiger partial charge in [-0.2, -0.15) is 0 Å². The molecule has 1 N–H and O–H groups in total. The molecule has 1 fully saturated rings. The van der Waals surface area contributed by atoms with Crippen LogP contribution in [0.2, 0.25) is 0 Å². The molecule has 0 radical (unpaired) electrons. The number of para-hydroxylation sites is 1. The number of hydrogen-bond acceptors (Lipinski definition) is 4. The molecular weight excluding hydrogens is 326 g/mol. The summed E-state index contributed by atoms with van der Waals surface area (Å²) in [6.45, 7) is 3.42. The first kappa shape index (κ1) is 16.7. The number of rotatable bonds is 5. The zero-order valence-electron chi connectivity index (χ0n) is 14.8. The minimum atomic E-state index is -0.101. The molecule has 0 atom stereocenters. The molecule has 1 aliphatic heterocycles. The molecule has 134 valence electrons. The minimum Gasteiger partial charge on any atom is -0.324 e. The Morgan fingerprint density at radius 1 is 1.04 bits per heavy atom. The Bertz CT molecular complexity index is 898. The number of fused-ring (bicyclic) bond motifs is 1. The smallest absolute Gasteiger partial charge is 0.246 e. The van der Waals surface area contributed by atoms with Crippen molar-refractivity contribution < 1.29 is 4.79 Å². The Morgan fingerprint density at radius 3 is 2.77 bits per heavy atom. The van der Waals surface area contributed by atoms with Crippen LogP contribution in [0.4, 0.5) is 5.69 Å². The number of benzene rings is 2. The first-order valence-electron chi connectivity index (χ1n) is 9.17. The predicted molar refractivity (Wildman–Crippen MR) is 102 cm³/mol. The van der Waals surface area contributed by atoms with Crippen molar-refractivity contribution in [1.29, 1.82) is 0 Å². The van der Waals surface area contributed by atoms with E-state index in [-0.39, 0.29) is 12.5 Å². The zero-order valence-corrected chi connectivity index (χ0v) is 14.8. The molecule has 0 bridgehead atoms. The van der Waals surface area contributed by atoms with Crippen LogP contribution in [0.25, 0.3) is 11.0 Å². The molecule has 26 heavy (non-hydrogen) atoms. The highest BCUT2D eigenvalue weighted by molar-refractivity contribution is 5.91. The van der Waals surface area contributed by atoms with E-state index in [1.54, 1.807) is 4.68 Å². The summed E-state index contributed by atoms with van der Waals surface area (Å²) in [5.74, 6) is -0.101. The van der Waals surface area contributed by atoms with Crippen LogP contribution in [0.1, 0.15) is 24.8 Å². The highest BCUT2D eigenvalue weighted by atomic mass is 16.2. The molecule has 6 nitrogen and oxygen atoms in total. The van der Waals surface area contributed by atoms with Crippen LogP contribution in [0.3, 0.4) is 0 Å². The van der Waals surface area contributed by atoms with Gasteiger partial charge in [0.05, 0.1) is 5.52 Å². The second-order valence-electron chi connectivity index (χ2n) is 6.82. The Hall–Kier alpha value is -2.73. The van der Waals surface area contributed by atoms with E-state index in [2.05, 4.69) is 32.7 Å². The topological polar surface area (TPSA) is 63.1 Å². The number of amides is 1. The van der Waals surface area contributed by atoms with Crippen LogP contribution >= 0.6 is 0 Å². The van der Waals surface area contributed by atoms with Crippen molar-refractivity contribution in [3.05, 3.63) is 54.1 Å². The van der Waals surface area contributed by atoms with E-state index in [9.17, 15) is 4.79 Å². The van der Waals surface area contributed by atoms with Gasteiger partial charge < -0.3 is 5.32 Å². The lowest BCUT2D eigenvalue weighted by molar-refractivity contribution is -0.116. The summed E-state index contributed by atoms with van der Waals surface area (Å²) in [5.41, 5.74) is 3.72. The summed E-state index contributed by atoms with van der Waals surface area (Å²) < 4.78 is 1.63. The molecule has 0 saturated carbocycles. The molecule has 0 unspecified atom stereocenters. The van der Waals surface area contributed by atoms with Crippen molar-refractivity contribution in [3.63, 3.8) is 0 Å². The normalized spacial score (nSPS) is 15.2. The highest BCUT2D eigenvalue weighted by Crippen LogP contribution is 2.16. The second-order valence-corrected chi connectivity index (χ2v) is 6.82. The van der Waals surface area contributed by atoms with Crippen LogP contribution < -0.4 is 5.32 Å². The maximum absolute atomic E-state index is 12.4. The molecule has 1 aromatic heterocycles. The number of likely N-dealkylation sites (tertiary alicyclic amines) is 1. The summed E-state index contributed by atoms with van der Waals surface area (Å²) in [4.78, 5) is 14.9. The first-order valence-corrected chi connectivity index (χ1v) is 9.17. The quantitative estimate of drug-likeness (QED) is 0.769. The van der Waals surface area contributed by atoms with E-state index >= 15 is 0 Å². The number of piperidine rings is 1. The highest BCUT2D eigenvalue weighted by Gasteiger charge is 2.12. The van der Waals surface area contributed by atoms with Crippen LogP contribution in [0.15, 0.2) is 48.5 Å². The van der Waals surface area contributed by atoms with Crippen molar-refractivity contribution in [2.75, 3.05) is 18.4 Å². The minimum absolute atomic E-state index is 0.101. The predicted octanol–water partition coefficient (Wildman–Crippen LogP) is 3.06. The van der Waals surface area contributed by atoms with Gasteiger partial charge in [0.1, 0.15) is 12.1 Å². The van der Waals surface area contributed by atoms with Gasteiger partial charge in [0.15, 0.2) is 0 Å². The third kappa shape index (κ3) is 3.91. The third-order valence-corrected chi connectivity index (χ3v) is 4.78.